The maximum atomic E-state index is 10.4. The zero-order valence-corrected chi connectivity index (χ0v) is 14.9. The third-order valence-corrected chi connectivity index (χ3v) is 4.48. The van der Waals surface area contributed by atoms with Crippen molar-refractivity contribution in [3.63, 3.8) is 0 Å². The van der Waals surface area contributed by atoms with Gasteiger partial charge in [-0.25, -0.2) is 0 Å². The van der Waals surface area contributed by atoms with Gasteiger partial charge in [0.25, 0.3) is 0 Å². The average Bonchev–Trinajstić information content (AvgIpc) is 2.46. The van der Waals surface area contributed by atoms with Crippen LogP contribution in [0.1, 0.15) is 78.6 Å². The molecule has 0 heterocycles. The van der Waals surface area contributed by atoms with E-state index in [1.807, 2.05) is 19.9 Å². The Balaban J connectivity index is 3.67. The van der Waals surface area contributed by atoms with Crippen molar-refractivity contribution in [1.82, 2.24) is 0 Å². The Morgan fingerprint density at radius 3 is 1.95 bits per heavy atom. The van der Waals surface area contributed by atoms with Gasteiger partial charge in [0.1, 0.15) is 0 Å². The lowest BCUT2D eigenvalue weighted by atomic mass is 9.89. The van der Waals surface area contributed by atoms with Crippen LogP contribution in [0.3, 0.4) is 0 Å². The van der Waals surface area contributed by atoms with Crippen LogP contribution in [0.4, 0.5) is 0 Å². The molecule has 0 saturated carbocycles. The van der Waals surface area contributed by atoms with E-state index in [0.29, 0.717) is 11.8 Å². The monoisotopic (exact) mass is 314 g/mol. The zero-order chi connectivity index (χ0) is 16.8. The largest absolute Gasteiger partial charge is 0.396 e. The van der Waals surface area contributed by atoms with Crippen LogP contribution in [0.25, 0.3) is 0 Å². The summed E-state index contributed by atoms with van der Waals surface area (Å²) in [5, 5.41) is 28.0. The second-order valence-corrected chi connectivity index (χ2v) is 7.26. The summed E-state index contributed by atoms with van der Waals surface area (Å²) in [4.78, 5) is 0. The van der Waals surface area contributed by atoms with Crippen LogP contribution in [0.2, 0.25) is 0 Å². The lowest BCUT2D eigenvalue weighted by Crippen LogP contribution is -2.24. The standard InChI is InChI=1S/C19H38O3/c1-17(10-6-4-5-7-15-20)11-8-13-19(3,22)14-9-12-18(2)16-21/h5,7,17-18,20-22H,4,6,8-16H2,1-3H3/b7-5+/t17-,18-,19-/m1/s1. The van der Waals surface area contributed by atoms with Crippen LogP contribution >= 0.6 is 0 Å². The maximum Gasteiger partial charge on any atom is 0.0619 e. The van der Waals surface area contributed by atoms with Crippen molar-refractivity contribution in [2.45, 2.75) is 84.2 Å². The van der Waals surface area contributed by atoms with Crippen molar-refractivity contribution in [3.8, 4) is 0 Å². The van der Waals surface area contributed by atoms with E-state index in [9.17, 15) is 5.11 Å². The van der Waals surface area contributed by atoms with Gasteiger partial charge in [-0.3, -0.25) is 0 Å². The molecule has 0 rings (SSSR count). The first kappa shape index (κ1) is 21.6. The molecule has 0 aromatic heterocycles. The van der Waals surface area contributed by atoms with Gasteiger partial charge in [-0.05, 0) is 50.9 Å². The fourth-order valence-electron chi connectivity index (χ4n) is 2.80. The van der Waals surface area contributed by atoms with Crippen LogP contribution < -0.4 is 0 Å². The van der Waals surface area contributed by atoms with Crippen molar-refractivity contribution in [1.29, 1.82) is 0 Å². The van der Waals surface area contributed by atoms with Crippen LogP contribution in [-0.4, -0.2) is 34.1 Å². The summed E-state index contributed by atoms with van der Waals surface area (Å²) in [6, 6.07) is 0. The van der Waals surface area contributed by atoms with E-state index in [-0.39, 0.29) is 13.2 Å². The molecule has 0 amide bonds. The van der Waals surface area contributed by atoms with Crippen molar-refractivity contribution in [3.05, 3.63) is 12.2 Å². The highest BCUT2D eigenvalue weighted by Gasteiger charge is 2.20. The van der Waals surface area contributed by atoms with E-state index in [1.54, 1.807) is 6.08 Å². The molecule has 132 valence electrons. The summed E-state index contributed by atoms with van der Waals surface area (Å²) in [5.41, 5.74) is -0.557. The van der Waals surface area contributed by atoms with Gasteiger partial charge >= 0.3 is 0 Å². The highest BCUT2D eigenvalue weighted by molar-refractivity contribution is 4.80. The van der Waals surface area contributed by atoms with E-state index in [0.717, 1.165) is 38.5 Å². The second-order valence-electron chi connectivity index (χ2n) is 7.26. The zero-order valence-electron chi connectivity index (χ0n) is 14.9. The number of allylic oxidation sites excluding steroid dienone is 1. The normalized spacial score (nSPS) is 17.5. The van der Waals surface area contributed by atoms with Crippen LogP contribution in [0.5, 0.6) is 0 Å². The predicted molar refractivity (Wildman–Crippen MR) is 93.8 cm³/mol. The summed E-state index contributed by atoms with van der Waals surface area (Å²) in [7, 11) is 0. The predicted octanol–water partition coefficient (Wildman–Crippen LogP) is 4.06. The molecule has 0 aliphatic heterocycles. The first-order valence-corrected chi connectivity index (χ1v) is 9.00. The minimum atomic E-state index is -0.557. The molecule has 0 aromatic carbocycles. The molecule has 3 N–H and O–H groups in total. The Labute approximate surface area is 137 Å². The Hall–Kier alpha value is -0.380. The first-order chi connectivity index (χ1) is 10.4. The molecule has 0 aromatic rings. The fraction of sp³-hybridized carbons (Fsp3) is 0.895. The number of unbranched alkanes of at least 4 members (excludes halogenated alkanes) is 1. The highest BCUT2D eigenvalue weighted by atomic mass is 16.3. The molecule has 0 aliphatic carbocycles. The molecule has 22 heavy (non-hydrogen) atoms. The summed E-state index contributed by atoms with van der Waals surface area (Å²) in [6.07, 6.45) is 13.2. The van der Waals surface area contributed by atoms with Crippen molar-refractivity contribution in [2.75, 3.05) is 13.2 Å². The van der Waals surface area contributed by atoms with Crippen molar-refractivity contribution >= 4 is 0 Å². The summed E-state index contributed by atoms with van der Waals surface area (Å²) < 4.78 is 0. The summed E-state index contributed by atoms with van der Waals surface area (Å²) >= 11 is 0. The topological polar surface area (TPSA) is 60.7 Å². The van der Waals surface area contributed by atoms with Gasteiger partial charge in [0.2, 0.25) is 0 Å². The molecular formula is C19H38O3. The number of hydrogen-bond donors (Lipinski definition) is 3. The second kappa shape index (κ2) is 13.1. The lowest BCUT2D eigenvalue weighted by Gasteiger charge is -2.24. The lowest BCUT2D eigenvalue weighted by molar-refractivity contribution is 0.0341. The number of hydrogen-bond acceptors (Lipinski definition) is 3. The molecule has 0 saturated heterocycles. The van der Waals surface area contributed by atoms with E-state index >= 15 is 0 Å². The van der Waals surface area contributed by atoms with Gasteiger partial charge in [-0.2, -0.15) is 0 Å². The van der Waals surface area contributed by atoms with Gasteiger partial charge in [0.15, 0.2) is 0 Å². The van der Waals surface area contributed by atoms with Gasteiger partial charge in [-0.1, -0.05) is 51.7 Å². The average molecular weight is 315 g/mol. The van der Waals surface area contributed by atoms with E-state index in [2.05, 4.69) is 6.92 Å². The minimum absolute atomic E-state index is 0.141. The van der Waals surface area contributed by atoms with E-state index in [1.165, 1.54) is 19.3 Å². The minimum Gasteiger partial charge on any atom is -0.396 e. The van der Waals surface area contributed by atoms with Crippen LogP contribution in [-0.2, 0) is 0 Å². The first-order valence-electron chi connectivity index (χ1n) is 9.00. The Bertz CT molecular complexity index is 274. The molecule has 0 unspecified atom stereocenters. The summed E-state index contributed by atoms with van der Waals surface area (Å²) in [6.45, 7) is 6.66. The van der Waals surface area contributed by atoms with Gasteiger partial charge < -0.3 is 15.3 Å². The van der Waals surface area contributed by atoms with Crippen LogP contribution in [0.15, 0.2) is 12.2 Å². The van der Waals surface area contributed by atoms with Gasteiger partial charge in [0.05, 0.1) is 12.2 Å². The fourth-order valence-corrected chi connectivity index (χ4v) is 2.80. The molecular weight excluding hydrogens is 276 g/mol. The molecule has 0 fully saturated rings. The molecule has 0 spiro atoms. The molecule has 3 atom stereocenters. The Morgan fingerprint density at radius 2 is 1.41 bits per heavy atom. The number of aliphatic hydroxyl groups is 3. The van der Waals surface area contributed by atoms with Crippen molar-refractivity contribution in [2.24, 2.45) is 11.8 Å². The quantitative estimate of drug-likeness (QED) is 0.335. The molecule has 3 heteroatoms. The van der Waals surface area contributed by atoms with E-state index < -0.39 is 5.60 Å². The molecule has 3 nitrogen and oxygen atoms in total. The summed E-state index contributed by atoms with van der Waals surface area (Å²) in [5.74, 6) is 1.04. The smallest absolute Gasteiger partial charge is 0.0619 e. The number of aliphatic hydroxyl groups excluding tert-OH is 2. The number of rotatable bonds is 14. The Kier molecular flexibility index (Phi) is 12.9. The van der Waals surface area contributed by atoms with Crippen molar-refractivity contribution < 1.29 is 15.3 Å². The molecule has 0 radical (unpaired) electrons. The Morgan fingerprint density at radius 1 is 0.864 bits per heavy atom. The van der Waals surface area contributed by atoms with Gasteiger partial charge in [0, 0.05) is 6.61 Å². The highest BCUT2D eigenvalue weighted by Crippen LogP contribution is 2.24. The molecule has 0 bridgehead atoms. The van der Waals surface area contributed by atoms with E-state index in [4.69, 9.17) is 10.2 Å². The molecule has 0 aliphatic rings. The maximum absolute atomic E-state index is 10.4. The third-order valence-electron chi connectivity index (χ3n) is 4.48. The van der Waals surface area contributed by atoms with Crippen LogP contribution in [0, 0.1) is 11.8 Å². The third kappa shape index (κ3) is 13.3. The SMILES string of the molecule is C[C@H](CCC/C=C/CO)CCC[C@@](C)(O)CCC[C@@H](C)CO. The van der Waals surface area contributed by atoms with Gasteiger partial charge in [-0.15, -0.1) is 0 Å².